The van der Waals surface area contributed by atoms with Crippen molar-refractivity contribution in [2.75, 3.05) is 0 Å². The molecule has 0 N–H and O–H groups in total. The van der Waals surface area contributed by atoms with E-state index in [1.54, 1.807) is 42.1 Å². The third kappa shape index (κ3) is 2.98. The zero-order valence-corrected chi connectivity index (χ0v) is 14.6. The number of hydrogen-bond acceptors (Lipinski definition) is 1. The first kappa shape index (κ1) is 16.8. The van der Waals surface area contributed by atoms with Gasteiger partial charge in [0.05, 0.1) is 0 Å². The van der Waals surface area contributed by atoms with Crippen molar-refractivity contribution in [1.29, 1.82) is 0 Å². The van der Waals surface area contributed by atoms with Crippen LogP contribution in [0.5, 0.6) is 0 Å². The minimum atomic E-state index is -0.414. The van der Waals surface area contributed by atoms with Crippen LogP contribution < -0.4 is 5.56 Å². The Morgan fingerprint density at radius 3 is 2.35 bits per heavy atom. The first-order chi connectivity index (χ1) is 12.6. The van der Waals surface area contributed by atoms with Crippen LogP contribution in [0.4, 0.5) is 8.78 Å². The topological polar surface area (TPSA) is 26.9 Å². The largest absolute Gasteiger partial charge is 0.285 e. The summed E-state index contributed by atoms with van der Waals surface area (Å²) in [5.41, 5.74) is 2.89. The lowest BCUT2D eigenvalue weighted by atomic mass is 10.0. The fourth-order valence-electron chi connectivity index (χ4n) is 3.56. The summed E-state index contributed by atoms with van der Waals surface area (Å²) in [5.74, 6) is -0.405. The second-order valence-corrected chi connectivity index (χ2v) is 6.85. The van der Waals surface area contributed by atoms with E-state index in [0.29, 0.717) is 12.8 Å². The highest BCUT2D eigenvalue weighted by molar-refractivity contribution is 5.37. The quantitative estimate of drug-likeness (QED) is 0.677. The second kappa shape index (κ2) is 6.56. The molecule has 1 aromatic heterocycles. The summed E-state index contributed by atoms with van der Waals surface area (Å²) in [7, 11) is 1.81. The maximum atomic E-state index is 14.3. The van der Waals surface area contributed by atoms with Gasteiger partial charge in [0.25, 0.3) is 5.56 Å². The number of aryl methyl sites for hydroxylation is 1. The third-order valence-corrected chi connectivity index (χ3v) is 5.05. The van der Waals surface area contributed by atoms with Gasteiger partial charge in [-0.05, 0) is 61.4 Å². The predicted molar refractivity (Wildman–Crippen MR) is 96.8 cm³/mol. The lowest BCUT2D eigenvalue weighted by Crippen LogP contribution is -2.22. The molecular formula is C21H20F2N2O. The van der Waals surface area contributed by atoms with Gasteiger partial charge in [0, 0.05) is 18.3 Å². The van der Waals surface area contributed by atoms with Gasteiger partial charge in [0.2, 0.25) is 0 Å². The van der Waals surface area contributed by atoms with Gasteiger partial charge in [0.1, 0.15) is 17.3 Å². The standard InChI is InChI=1S/C21H20F2N2O/c1-24-19(13-8-14-6-11-16(22)12-7-14)20(15-9-10-15)21(26)25(24)18-5-3-2-4-17(18)23/h2-7,11-12,15H,8-10,13H2,1H3. The van der Waals surface area contributed by atoms with Gasteiger partial charge in [-0.25, -0.2) is 13.5 Å². The van der Waals surface area contributed by atoms with Crippen LogP contribution in [0.1, 0.15) is 35.6 Å². The molecule has 134 valence electrons. The van der Waals surface area contributed by atoms with E-state index in [9.17, 15) is 13.6 Å². The minimum absolute atomic E-state index is 0.130. The molecule has 1 fully saturated rings. The van der Waals surface area contributed by atoms with Gasteiger partial charge in [-0.2, -0.15) is 0 Å². The predicted octanol–water partition coefficient (Wildman–Crippen LogP) is 4.12. The molecule has 26 heavy (non-hydrogen) atoms. The van der Waals surface area contributed by atoms with Crippen molar-refractivity contribution >= 4 is 0 Å². The van der Waals surface area contributed by atoms with Gasteiger partial charge >= 0.3 is 0 Å². The molecule has 5 heteroatoms. The van der Waals surface area contributed by atoms with Crippen LogP contribution in [0.25, 0.3) is 5.69 Å². The van der Waals surface area contributed by atoms with Crippen molar-refractivity contribution in [3.63, 3.8) is 0 Å². The average Bonchev–Trinajstić information content (AvgIpc) is 3.43. The maximum Gasteiger partial charge on any atom is 0.275 e. The Morgan fingerprint density at radius 2 is 1.69 bits per heavy atom. The van der Waals surface area contributed by atoms with E-state index in [-0.39, 0.29) is 23.0 Å². The summed E-state index contributed by atoms with van der Waals surface area (Å²) in [6.45, 7) is 0. The summed E-state index contributed by atoms with van der Waals surface area (Å²) in [5, 5.41) is 0. The zero-order valence-electron chi connectivity index (χ0n) is 14.6. The Kier molecular flexibility index (Phi) is 4.23. The Balaban J connectivity index is 1.74. The third-order valence-electron chi connectivity index (χ3n) is 5.05. The number of benzene rings is 2. The van der Waals surface area contributed by atoms with Crippen LogP contribution in [0.3, 0.4) is 0 Å². The molecule has 1 aliphatic rings. The Bertz CT molecular complexity index is 998. The molecule has 0 spiro atoms. The van der Waals surface area contributed by atoms with E-state index in [0.717, 1.165) is 29.7 Å². The van der Waals surface area contributed by atoms with Crippen molar-refractivity contribution in [2.45, 2.75) is 31.6 Å². The Hall–Kier alpha value is -2.69. The van der Waals surface area contributed by atoms with Gasteiger partial charge in [-0.1, -0.05) is 24.3 Å². The molecule has 0 amide bonds. The molecule has 4 rings (SSSR count). The first-order valence-electron chi connectivity index (χ1n) is 8.86. The fraction of sp³-hybridized carbons (Fsp3) is 0.286. The molecule has 1 saturated carbocycles. The van der Waals surface area contributed by atoms with Gasteiger partial charge in [-0.15, -0.1) is 0 Å². The highest BCUT2D eigenvalue weighted by Gasteiger charge is 2.33. The van der Waals surface area contributed by atoms with Crippen LogP contribution in [0.2, 0.25) is 0 Å². The maximum absolute atomic E-state index is 14.3. The number of halogens is 2. The molecule has 0 radical (unpaired) electrons. The van der Waals surface area contributed by atoms with Gasteiger partial charge in [-0.3, -0.25) is 9.48 Å². The molecule has 1 aliphatic carbocycles. The van der Waals surface area contributed by atoms with E-state index < -0.39 is 5.82 Å². The van der Waals surface area contributed by atoms with E-state index >= 15 is 0 Å². The molecule has 3 nitrogen and oxygen atoms in total. The van der Waals surface area contributed by atoms with E-state index in [4.69, 9.17) is 0 Å². The summed E-state index contributed by atoms with van der Waals surface area (Å²) < 4.78 is 30.6. The van der Waals surface area contributed by atoms with Crippen molar-refractivity contribution in [3.05, 3.63) is 87.3 Å². The second-order valence-electron chi connectivity index (χ2n) is 6.85. The highest BCUT2D eigenvalue weighted by Crippen LogP contribution is 2.40. The molecule has 2 aromatic carbocycles. The molecule has 0 unspecified atom stereocenters. The molecule has 0 atom stereocenters. The Labute approximate surface area is 150 Å². The Morgan fingerprint density at radius 1 is 1.00 bits per heavy atom. The summed E-state index contributed by atoms with van der Waals surface area (Å²) >= 11 is 0. The van der Waals surface area contributed by atoms with E-state index in [1.807, 2.05) is 0 Å². The minimum Gasteiger partial charge on any atom is -0.285 e. The normalized spacial score (nSPS) is 14.0. The molecular weight excluding hydrogens is 334 g/mol. The molecule has 0 aliphatic heterocycles. The fourth-order valence-corrected chi connectivity index (χ4v) is 3.56. The monoisotopic (exact) mass is 354 g/mol. The lowest BCUT2D eigenvalue weighted by molar-refractivity contribution is 0.563. The van der Waals surface area contributed by atoms with Gasteiger partial charge in [0.15, 0.2) is 0 Å². The molecule has 0 bridgehead atoms. The number of rotatable bonds is 5. The SMILES string of the molecule is Cn1c(CCc2ccc(F)cc2)c(C2CC2)c(=O)n1-c1ccccc1F. The number of hydrogen-bond donors (Lipinski definition) is 0. The van der Waals surface area contributed by atoms with Crippen molar-refractivity contribution in [3.8, 4) is 5.69 Å². The average molecular weight is 354 g/mol. The van der Waals surface area contributed by atoms with E-state index in [2.05, 4.69) is 0 Å². The smallest absolute Gasteiger partial charge is 0.275 e. The van der Waals surface area contributed by atoms with Crippen LogP contribution in [-0.2, 0) is 19.9 Å². The number of para-hydroxylation sites is 1. The summed E-state index contributed by atoms with van der Waals surface area (Å²) in [4.78, 5) is 13.0. The van der Waals surface area contributed by atoms with Crippen LogP contribution in [0, 0.1) is 11.6 Å². The molecule has 3 aromatic rings. The number of nitrogens with zero attached hydrogens (tertiary/aromatic N) is 2. The van der Waals surface area contributed by atoms with Gasteiger partial charge < -0.3 is 0 Å². The number of aromatic nitrogens is 2. The van der Waals surface area contributed by atoms with Crippen LogP contribution >= 0.6 is 0 Å². The molecule has 1 heterocycles. The molecule has 0 saturated heterocycles. The van der Waals surface area contributed by atoms with Crippen molar-refractivity contribution in [2.24, 2.45) is 7.05 Å². The zero-order chi connectivity index (χ0) is 18.3. The highest BCUT2D eigenvalue weighted by atomic mass is 19.1. The lowest BCUT2D eigenvalue weighted by Gasteiger charge is -2.11. The van der Waals surface area contributed by atoms with Crippen molar-refractivity contribution in [1.82, 2.24) is 9.36 Å². The summed E-state index contributed by atoms with van der Waals surface area (Å²) in [6, 6.07) is 12.7. The van der Waals surface area contributed by atoms with Crippen LogP contribution in [0.15, 0.2) is 53.3 Å². The van der Waals surface area contributed by atoms with Crippen molar-refractivity contribution < 1.29 is 8.78 Å². The van der Waals surface area contributed by atoms with Crippen LogP contribution in [-0.4, -0.2) is 9.36 Å². The first-order valence-corrected chi connectivity index (χ1v) is 8.86. The van der Waals surface area contributed by atoms with E-state index in [1.165, 1.54) is 22.9 Å². The summed E-state index contributed by atoms with van der Waals surface area (Å²) in [6.07, 6.45) is 3.36.